The molecule has 0 atom stereocenters. The second kappa shape index (κ2) is 10.1. The van der Waals surface area contributed by atoms with Gasteiger partial charge in [0, 0.05) is 24.2 Å². The fourth-order valence-electron chi connectivity index (χ4n) is 3.20. The third-order valence-corrected chi connectivity index (χ3v) is 5.80. The Hall–Kier alpha value is -3.29. The topological polar surface area (TPSA) is 105 Å². The van der Waals surface area contributed by atoms with Gasteiger partial charge >= 0.3 is 5.97 Å². The lowest BCUT2D eigenvalue weighted by Crippen LogP contribution is -2.18. The van der Waals surface area contributed by atoms with Crippen molar-refractivity contribution in [3.05, 3.63) is 81.0 Å². The van der Waals surface area contributed by atoms with E-state index in [2.05, 4.69) is 28.0 Å². The Morgan fingerprint density at radius 3 is 2.32 bits per heavy atom. The molecule has 0 aliphatic carbocycles. The van der Waals surface area contributed by atoms with Gasteiger partial charge < -0.3 is 16.2 Å². The van der Waals surface area contributed by atoms with Crippen LogP contribution in [0.25, 0.3) is 11.1 Å². The number of aliphatic imine (C=N–C) groups is 1. The van der Waals surface area contributed by atoms with Gasteiger partial charge in [-0.3, -0.25) is 9.59 Å². The fraction of sp³-hybridized carbons (Fsp3) is 0.208. The van der Waals surface area contributed by atoms with Crippen molar-refractivity contribution in [2.75, 3.05) is 6.54 Å². The van der Waals surface area contributed by atoms with Crippen molar-refractivity contribution in [1.82, 2.24) is 5.32 Å². The third kappa shape index (κ3) is 5.87. The first-order valence-electron chi connectivity index (χ1n) is 9.89. The third-order valence-electron chi connectivity index (χ3n) is 4.94. The van der Waals surface area contributed by atoms with Gasteiger partial charge in [-0.2, -0.15) is 16.3 Å². The summed E-state index contributed by atoms with van der Waals surface area (Å²) in [5.41, 5.74) is 12.7. The van der Waals surface area contributed by atoms with E-state index in [1.165, 1.54) is 11.1 Å². The molecule has 7 heteroatoms. The number of hydrogen-bond donors (Lipinski definition) is 3. The lowest BCUT2D eigenvalue weighted by Gasteiger charge is -2.08. The molecule has 0 saturated heterocycles. The van der Waals surface area contributed by atoms with Gasteiger partial charge in [0.25, 0.3) is 5.91 Å². The maximum Gasteiger partial charge on any atom is 0.304 e. The second-order valence-corrected chi connectivity index (χ2v) is 8.06. The van der Waals surface area contributed by atoms with Crippen LogP contribution in [0, 0.1) is 13.8 Å². The summed E-state index contributed by atoms with van der Waals surface area (Å²) in [6.45, 7) is 5.02. The van der Waals surface area contributed by atoms with Gasteiger partial charge in [-0.15, -0.1) is 0 Å². The predicted molar refractivity (Wildman–Crippen MR) is 125 cm³/mol. The Morgan fingerprint density at radius 1 is 1.00 bits per heavy atom. The van der Waals surface area contributed by atoms with Crippen LogP contribution >= 0.6 is 11.3 Å². The van der Waals surface area contributed by atoms with Gasteiger partial charge in [0.05, 0.1) is 6.42 Å². The van der Waals surface area contributed by atoms with E-state index in [1.54, 1.807) is 29.5 Å². The molecule has 0 spiro atoms. The SMILES string of the molecule is Cc1cc(C(=O)N=C(N)c2ccc(CNCCC(=O)O)cc2)ccc1-c1cscc1C. The van der Waals surface area contributed by atoms with E-state index in [0.29, 0.717) is 24.2 Å². The van der Waals surface area contributed by atoms with Crippen molar-refractivity contribution in [2.45, 2.75) is 26.8 Å². The van der Waals surface area contributed by atoms with E-state index in [9.17, 15) is 9.59 Å². The van der Waals surface area contributed by atoms with Gasteiger partial charge in [-0.25, -0.2) is 0 Å². The molecule has 1 aromatic heterocycles. The zero-order valence-electron chi connectivity index (χ0n) is 17.5. The number of nitrogens with one attached hydrogen (secondary N) is 1. The summed E-state index contributed by atoms with van der Waals surface area (Å²) >= 11 is 1.66. The number of hydrogen-bond acceptors (Lipinski definition) is 4. The zero-order valence-corrected chi connectivity index (χ0v) is 18.3. The minimum Gasteiger partial charge on any atom is -0.481 e. The van der Waals surface area contributed by atoms with Gasteiger partial charge in [0.2, 0.25) is 0 Å². The molecule has 0 unspecified atom stereocenters. The molecule has 0 aliphatic heterocycles. The number of carboxylic acids is 1. The van der Waals surface area contributed by atoms with Crippen molar-refractivity contribution in [1.29, 1.82) is 0 Å². The van der Waals surface area contributed by atoms with Crippen LogP contribution in [0.3, 0.4) is 0 Å². The molecule has 160 valence electrons. The summed E-state index contributed by atoms with van der Waals surface area (Å²) in [7, 11) is 0. The highest BCUT2D eigenvalue weighted by Crippen LogP contribution is 2.30. The molecule has 0 aliphatic rings. The Labute approximate surface area is 185 Å². The summed E-state index contributed by atoms with van der Waals surface area (Å²) in [4.78, 5) is 27.2. The molecule has 0 fully saturated rings. The van der Waals surface area contributed by atoms with Gasteiger partial charge in [-0.05, 0) is 64.6 Å². The lowest BCUT2D eigenvalue weighted by molar-refractivity contribution is -0.136. The molecule has 1 heterocycles. The zero-order chi connectivity index (χ0) is 22.4. The lowest BCUT2D eigenvalue weighted by atomic mass is 9.98. The molecule has 0 saturated carbocycles. The Kier molecular flexibility index (Phi) is 7.33. The van der Waals surface area contributed by atoms with Crippen LogP contribution in [-0.4, -0.2) is 29.4 Å². The number of carboxylic acid groups (broad SMARTS) is 1. The van der Waals surface area contributed by atoms with E-state index < -0.39 is 5.97 Å². The van der Waals surface area contributed by atoms with Gasteiger partial charge in [0.1, 0.15) is 5.84 Å². The van der Waals surface area contributed by atoms with Crippen LogP contribution in [0.15, 0.2) is 58.2 Å². The largest absolute Gasteiger partial charge is 0.481 e. The van der Waals surface area contributed by atoms with Crippen LogP contribution < -0.4 is 11.1 Å². The molecule has 1 amide bonds. The molecule has 3 rings (SSSR count). The first-order chi connectivity index (χ1) is 14.8. The van der Waals surface area contributed by atoms with Crippen LogP contribution in [0.1, 0.15) is 39.0 Å². The number of amidine groups is 1. The molecule has 6 nitrogen and oxygen atoms in total. The monoisotopic (exact) mass is 435 g/mol. The van der Waals surface area contributed by atoms with Crippen molar-refractivity contribution < 1.29 is 14.7 Å². The van der Waals surface area contributed by atoms with Crippen molar-refractivity contribution >= 4 is 29.0 Å². The van der Waals surface area contributed by atoms with E-state index in [-0.39, 0.29) is 18.2 Å². The molecular formula is C24H25N3O3S. The van der Waals surface area contributed by atoms with Crippen LogP contribution in [0.4, 0.5) is 0 Å². The number of thiophene rings is 1. The molecule has 0 bridgehead atoms. The summed E-state index contributed by atoms with van der Waals surface area (Å²) < 4.78 is 0. The standard InChI is InChI=1S/C24H25N3O3S/c1-15-11-19(7-8-20(15)21-14-31-13-16(21)2)24(30)27-23(25)18-5-3-17(4-6-18)12-26-10-9-22(28)29/h3-8,11,13-14,26H,9-10,12H2,1-2H3,(H,28,29)(H2,25,27,30). The highest BCUT2D eigenvalue weighted by molar-refractivity contribution is 7.08. The van der Waals surface area contributed by atoms with Crippen molar-refractivity contribution in [2.24, 2.45) is 10.7 Å². The van der Waals surface area contributed by atoms with E-state index in [1.807, 2.05) is 31.2 Å². The van der Waals surface area contributed by atoms with Crippen LogP contribution in [0.5, 0.6) is 0 Å². The van der Waals surface area contributed by atoms with Gasteiger partial charge in [0.15, 0.2) is 0 Å². The first kappa shape index (κ1) is 22.4. The fourth-order valence-corrected chi connectivity index (χ4v) is 4.04. The van der Waals surface area contributed by atoms with E-state index in [0.717, 1.165) is 16.7 Å². The summed E-state index contributed by atoms with van der Waals surface area (Å²) in [5, 5.41) is 15.9. The number of carbonyl (C=O) groups is 2. The quantitative estimate of drug-likeness (QED) is 0.280. The Balaban J connectivity index is 1.67. The normalized spacial score (nSPS) is 11.5. The average Bonchev–Trinajstić information content (AvgIpc) is 3.17. The average molecular weight is 436 g/mol. The van der Waals surface area contributed by atoms with E-state index >= 15 is 0 Å². The summed E-state index contributed by atoms with van der Waals surface area (Å²) in [5.74, 6) is -1.05. The van der Waals surface area contributed by atoms with Crippen molar-refractivity contribution in [3.8, 4) is 11.1 Å². The predicted octanol–water partition coefficient (Wildman–Crippen LogP) is 4.14. The summed E-state index contributed by atoms with van der Waals surface area (Å²) in [6.07, 6.45) is 0.0765. The van der Waals surface area contributed by atoms with Crippen LogP contribution in [-0.2, 0) is 11.3 Å². The smallest absolute Gasteiger partial charge is 0.304 e. The maximum absolute atomic E-state index is 12.6. The van der Waals surface area contributed by atoms with Crippen molar-refractivity contribution in [3.63, 3.8) is 0 Å². The summed E-state index contributed by atoms with van der Waals surface area (Å²) in [6, 6.07) is 12.9. The number of aryl methyl sites for hydroxylation is 2. The number of aliphatic carboxylic acids is 1. The molecular weight excluding hydrogens is 410 g/mol. The minimum absolute atomic E-state index is 0.0765. The molecule has 0 radical (unpaired) electrons. The minimum atomic E-state index is -0.831. The number of nitrogens with two attached hydrogens (primary N) is 1. The highest BCUT2D eigenvalue weighted by Gasteiger charge is 2.11. The van der Waals surface area contributed by atoms with Gasteiger partial charge in [-0.1, -0.05) is 30.3 Å². The maximum atomic E-state index is 12.6. The second-order valence-electron chi connectivity index (χ2n) is 7.32. The van der Waals surface area contributed by atoms with Crippen LogP contribution in [0.2, 0.25) is 0 Å². The highest BCUT2D eigenvalue weighted by atomic mass is 32.1. The number of amides is 1. The molecule has 31 heavy (non-hydrogen) atoms. The Bertz CT molecular complexity index is 1120. The number of benzene rings is 2. The van der Waals surface area contributed by atoms with E-state index in [4.69, 9.17) is 10.8 Å². The number of nitrogens with zero attached hydrogens (tertiary/aromatic N) is 1. The number of carbonyl (C=O) groups excluding carboxylic acids is 1. The first-order valence-corrected chi connectivity index (χ1v) is 10.8. The molecule has 4 N–H and O–H groups in total. The molecule has 3 aromatic rings. The number of rotatable bonds is 8. The Morgan fingerprint density at radius 2 is 1.71 bits per heavy atom. The molecule has 2 aromatic carbocycles.